The van der Waals surface area contributed by atoms with Crippen LogP contribution in [0.2, 0.25) is 0 Å². The molecular weight excluding hydrogens is 354 g/mol. The van der Waals surface area contributed by atoms with Crippen LogP contribution in [0.15, 0.2) is 51.8 Å². The van der Waals surface area contributed by atoms with Gasteiger partial charge in [0.15, 0.2) is 0 Å². The molecule has 2 rings (SSSR count). The lowest BCUT2D eigenvalue weighted by Gasteiger charge is -2.08. The highest BCUT2D eigenvalue weighted by atomic mass is 79.9. The normalized spacial score (nSPS) is 10.3. The van der Waals surface area contributed by atoms with E-state index in [0.717, 1.165) is 15.1 Å². The van der Waals surface area contributed by atoms with Gasteiger partial charge in [-0.3, -0.25) is 0 Å². The third kappa shape index (κ3) is 4.68. The lowest BCUT2D eigenvalue weighted by Crippen LogP contribution is -2.02. The molecule has 0 aliphatic heterocycles. The minimum atomic E-state index is -0.958. The van der Waals surface area contributed by atoms with Crippen molar-refractivity contribution in [3.05, 3.63) is 52.5 Å². The summed E-state index contributed by atoms with van der Waals surface area (Å²) in [6, 6.07) is 12.1. The minimum absolute atomic E-state index is 0.224. The molecule has 21 heavy (non-hydrogen) atoms. The fraction of sp³-hybridized carbons (Fsp3) is 0.133. The minimum Gasteiger partial charge on any atom is -0.493 e. The van der Waals surface area contributed by atoms with Crippen LogP contribution < -0.4 is 10.5 Å². The Balaban J connectivity index is 1.84. The zero-order valence-electron chi connectivity index (χ0n) is 11.1. The number of hydrogen-bond acceptors (Lipinski definition) is 4. The molecule has 0 aromatic heterocycles. The van der Waals surface area contributed by atoms with Gasteiger partial charge in [0, 0.05) is 20.8 Å². The molecule has 0 radical (unpaired) electrons. The Bertz CT molecular complexity index is 649. The van der Waals surface area contributed by atoms with Crippen LogP contribution >= 0.6 is 27.7 Å². The number of ether oxygens (including phenoxy) is 1. The molecule has 0 saturated carbocycles. The van der Waals surface area contributed by atoms with E-state index < -0.39 is 5.97 Å². The molecule has 2 aromatic rings. The maximum atomic E-state index is 10.9. The summed E-state index contributed by atoms with van der Waals surface area (Å²) in [5, 5.41) is 8.91. The molecule has 0 heterocycles. The SMILES string of the molecule is Nc1ccc(SCCOc2cccc(C(=O)O)c2)c(Br)c1. The van der Waals surface area contributed by atoms with Crippen molar-refractivity contribution < 1.29 is 14.6 Å². The maximum absolute atomic E-state index is 10.9. The average molecular weight is 368 g/mol. The largest absolute Gasteiger partial charge is 0.493 e. The standard InChI is InChI=1S/C15H14BrNO3S/c16-13-9-11(17)4-5-14(13)21-7-6-20-12-3-1-2-10(8-12)15(18)19/h1-5,8-9H,6-7,17H2,(H,18,19). The van der Waals surface area contributed by atoms with Crippen molar-refractivity contribution in [2.75, 3.05) is 18.1 Å². The predicted octanol–water partition coefficient (Wildman–Crippen LogP) is 3.90. The van der Waals surface area contributed by atoms with E-state index in [4.69, 9.17) is 15.6 Å². The van der Waals surface area contributed by atoms with E-state index in [2.05, 4.69) is 15.9 Å². The second-order valence-corrected chi connectivity index (χ2v) is 6.21. The maximum Gasteiger partial charge on any atom is 0.335 e. The van der Waals surface area contributed by atoms with Gasteiger partial charge in [-0.1, -0.05) is 6.07 Å². The summed E-state index contributed by atoms with van der Waals surface area (Å²) in [5.41, 5.74) is 6.62. The summed E-state index contributed by atoms with van der Waals surface area (Å²) in [5.74, 6) is 0.354. The molecule has 110 valence electrons. The van der Waals surface area contributed by atoms with Crippen molar-refractivity contribution >= 4 is 39.3 Å². The van der Waals surface area contributed by atoms with Crippen LogP contribution in [0, 0.1) is 0 Å². The van der Waals surface area contributed by atoms with Gasteiger partial charge in [0.2, 0.25) is 0 Å². The topological polar surface area (TPSA) is 72.5 Å². The fourth-order valence-electron chi connectivity index (χ4n) is 1.66. The first-order valence-corrected chi connectivity index (χ1v) is 7.98. The van der Waals surface area contributed by atoms with Crippen molar-refractivity contribution in [2.24, 2.45) is 0 Å². The number of benzene rings is 2. The molecule has 4 nitrogen and oxygen atoms in total. The fourth-order valence-corrected chi connectivity index (χ4v) is 3.15. The molecule has 2 aromatic carbocycles. The van der Waals surface area contributed by atoms with Crippen molar-refractivity contribution in [3.63, 3.8) is 0 Å². The Kier molecular flexibility index (Phi) is 5.52. The van der Waals surface area contributed by atoms with E-state index in [1.807, 2.05) is 18.2 Å². The summed E-state index contributed by atoms with van der Waals surface area (Å²) in [6.45, 7) is 0.491. The summed E-state index contributed by atoms with van der Waals surface area (Å²) in [6.07, 6.45) is 0. The number of anilines is 1. The molecule has 0 amide bonds. The molecule has 0 saturated heterocycles. The number of aromatic carboxylic acids is 1. The lowest BCUT2D eigenvalue weighted by molar-refractivity contribution is 0.0696. The van der Waals surface area contributed by atoms with Crippen molar-refractivity contribution in [2.45, 2.75) is 4.90 Å². The number of hydrogen-bond donors (Lipinski definition) is 2. The van der Waals surface area contributed by atoms with E-state index in [1.54, 1.807) is 23.9 Å². The van der Waals surface area contributed by atoms with Gasteiger partial charge in [0.1, 0.15) is 5.75 Å². The van der Waals surface area contributed by atoms with E-state index >= 15 is 0 Å². The number of halogens is 1. The van der Waals surface area contributed by atoms with E-state index in [1.165, 1.54) is 12.1 Å². The first kappa shape index (κ1) is 15.7. The Morgan fingerprint density at radius 3 is 2.81 bits per heavy atom. The molecule has 0 aliphatic rings. The van der Waals surface area contributed by atoms with Gasteiger partial charge in [-0.15, -0.1) is 11.8 Å². The summed E-state index contributed by atoms with van der Waals surface area (Å²) in [4.78, 5) is 11.9. The third-order valence-electron chi connectivity index (χ3n) is 2.65. The van der Waals surface area contributed by atoms with Gasteiger partial charge in [-0.05, 0) is 52.3 Å². The van der Waals surface area contributed by atoms with Crippen LogP contribution in [0.25, 0.3) is 0 Å². The Morgan fingerprint density at radius 1 is 1.29 bits per heavy atom. The van der Waals surface area contributed by atoms with Gasteiger partial charge in [0.05, 0.1) is 12.2 Å². The average Bonchev–Trinajstić information content (AvgIpc) is 2.45. The van der Waals surface area contributed by atoms with Crippen LogP contribution in [0.1, 0.15) is 10.4 Å². The lowest BCUT2D eigenvalue weighted by atomic mass is 10.2. The second-order valence-electron chi connectivity index (χ2n) is 4.22. The Hall–Kier alpha value is -1.66. The van der Waals surface area contributed by atoms with Gasteiger partial charge >= 0.3 is 5.97 Å². The van der Waals surface area contributed by atoms with Crippen LogP contribution in [-0.4, -0.2) is 23.4 Å². The van der Waals surface area contributed by atoms with Crippen LogP contribution in [0.4, 0.5) is 5.69 Å². The number of carbonyl (C=O) groups is 1. The monoisotopic (exact) mass is 367 g/mol. The first-order valence-electron chi connectivity index (χ1n) is 6.20. The quantitative estimate of drug-likeness (QED) is 0.460. The molecule has 0 atom stereocenters. The van der Waals surface area contributed by atoms with E-state index in [0.29, 0.717) is 18.0 Å². The summed E-state index contributed by atoms with van der Waals surface area (Å²) >= 11 is 5.10. The van der Waals surface area contributed by atoms with Gasteiger partial charge < -0.3 is 15.6 Å². The predicted molar refractivity (Wildman–Crippen MR) is 88.2 cm³/mol. The molecule has 0 spiro atoms. The van der Waals surface area contributed by atoms with Crippen LogP contribution in [-0.2, 0) is 0 Å². The number of nitrogens with two attached hydrogens (primary N) is 1. The van der Waals surface area contributed by atoms with Crippen LogP contribution in [0.3, 0.4) is 0 Å². The molecule has 3 N–H and O–H groups in total. The van der Waals surface area contributed by atoms with Gasteiger partial charge in [-0.2, -0.15) is 0 Å². The Morgan fingerprint density at radius 2 is 2.10 bits per heavy atom. The number of carboxylic acid groups (broad SMARTS) is 1. The highest BCUT2D eigenvalue weighted by Crippen LogP contribution is 2.29. The number of thioether (sulfide) groups is 1. The highest BCUT2D eigenvalue weighted by Gasteiger charge is 2.04. The van der Waals surface area contributed by atoms with Crippen LogP contribution in [0.5, 0.6) is 5.75 Å². The second kappa shape index (κ2) is 7.38. The summed E-state index contributed by atoms with van der Waals surface area (Å²) in [7, 11) is 0. The van der Waals surface area contributed by atoms with Gasteiger partial charge in [-0.25, -0.2) is 4.79 Å². The molecular formula is C15H14BrNO3S. The highest BCUT2D eigenvalue weighted by molar-refractivity contribution is 9.10. The van der Waals surface area contributed by atoms with E-state index in [-0.39, 0.29) is 5.56 Å². The van der Waals surface area contributed by atoms with Gasteiger partial charge in [0.25, 0.3) is 0 Å². The zero-order chi connectivity index (χ0) is 15.2. The zero-order valence-corrected chi connectivity index (χ0v) is 13.5. The molecule has 6 heteroatoms. The Labute approximate surface area is 135 Å². The van der Waals surface area contributed by atoms with E-state index in [9.17, 15) is 4.79 Å². The van der Waals surface area contributed by atoms with Crippen molar-refractivity contribution in [3.8, 4) is 5.75 Å². The number of rotatable bonds is 6. The number of nitrogen functional groups attached to an aromatic ring is 1. The molecule has 0 aliphatic carbocycles. The summed E-state index contributed by atoms with van der Waals surface area (Å²) < 4.78 is 6.52. The molecule has 0 fully saturated rings. The number of carboxylic acids is 1. The molecule has 0 unspecified atom stereocenters. The smallest absolute Gasteiger partial charge is 0.335 e. The van der Waals surface area contributed by atoms with Crippen molar-refractivity contribution in [1.29, 1.82) is 0 Å². The molecule has 0 bridgehead atoms. The first-order chi connectivity index (χ1) is 10.1. The third-order valence-corrected chi connectivity index (χ3v) is 4.60. The van der Waals surface area contributed by atoms with Crippen molar-refractivity contribution in [1.82, 2.24) is 0 Å².